The van der Waals surface area contributed by atoms with Crippen LogP contribution in [0, 0.1) is 11.3 Å². The van der Waals surface area contributed by atoms with E-state index in [2.05, 4.69) is 14.7 Å². The Hall–Kier alpha value is -2.82. The molecule has 0 bridgehead atoms. The molecular weight excluding hydrogens is 297 g/mol. The van der Waals surface area contributed by atoms with Crippen molar-refractivity contribution in [1.82, 2.24) is 9.97 Å². The number of nitrogens with zero attached hydrogens (tertiary/aromatic N) is 4. The molecule has 0 spiro atoms. The molecule has 22 heavy (non-hydrogen) atoms. The number of hydrogen-bond acceptors (Lipinski definition) is 5. The van der Waals surface area contributed by atoms with Gasteiger partial charge in [0.15, 0.2) is 11.5 Å². The van der Waals surface area contributed by atoms with Crippen molar-refractivity contribution >= 4 is 5.82 Å². The molecule has 0 atom stereocenters. The minimum Gasteiger partial charge on any atom is -0.406 e. The maximum atomic E-state index is 12.2. The fourth-order valence-corrected chi connectivity index (χ4v) is 1.88. The number of benzene rings is 1. The van der Waals surface area contributed by atoms with E-state index in [-0.39, 0.29) is 18.0 Å². The van der Waals surface area contributed by atoms with Crippen molar-refractivity contribution in [2.24, 2.45) is 0 Å². The van der Waals surface area contributed by atoms with Gasteiger partial charge in [0.25, 0.3) is 0 Å². The van der Waals surface area contributed by atoms with E-state index in [1.807, 2.05) is 6.07 Å². The zero-order valence-corrected chi connectivity index (χ0v) is 11.5. The predicted molar refractivity (Wildman–Crippen MR) is 72.0 cm³/mol. The number of alkyl halides is 3. The van der Waals surface area contributed by atoms with E-state index in [1.54, 1.807) is 18.0 Å². The van der Waals surface area contributed by atoms with Crippen LogP contribution in [-0.4, -0.2) is 23.4 Å². The summed E-state index contributed by atoms with van der Waals surface area (Å²) < 4.78 is 40.5. The Balaban J connectivity index is 2.17. The van der Waals surface area contributed by atoms with Crippen LogP contribution in [0.5, 0.6) is 5.75 Å². The Morgan fingerprint density at radius 1 is 1.27 bits per heavy atom. The lowest BCUT2D eigenvalue weighted by Gasteiger charge is -2.19. The molecule has 1 aromatic carbocycles. The van der Waals surface area contributed by atoms with Crippen LogP contribution in [0.4, 0.5) is 19.0 Å². The third kappa shape index (κ3) is 4.09. The number of halogens is 3. The van der Waals surface area contributed by atoms with Gasteiger partial charge in [0.2, 0.25) is 0 Å². The van der Waals surface area contributed by atoms with Crippen LogP contribution < -0.4 is 9.64 Å². The zero-order chi connectivity index (χ0) is 16.2. The second kappa shape index (κ2) is 6.30. The SMILES string of the molecule is CN(Cc1cccc(OC(F)(F)F)c1)c1nccnc1C#N. The lowest BCUT2D eigenvalue weighted by atomic mass is 10.2. The highest BCUT2D eigenvalue weighted by Crippen LogP contribution is 2.24. The van der Waals surface area contributed by atoms with Crippen molar-refractivity contribution in [3.63, 3.8) is 0 Å². The highest BCUT2D eigenvalue weighted by molar-refractivity contribution is 5.49. The van der Waals surface area contributed by atoms with Gasteiger partial charge in [0.1, 0.15) is 11.8 Å². The van der Waals surface area contributed by atoms with Crippen LogP contribution in [-0.2, 0) is 6.54 Å². The molecule has 0 radical (unpaired) electrons. The number of hydrogen-bond donors (Lipinski definition) is 0. The van der Waals surface area contributed by atoms with Crippen molar-refractivity contribution in [3.8, 4) is 11.8 Å². The van der Waals surface area contributed by atoms with E-state index in [4.69, 9.17) is 5.26 Å². The smallest absolute Gasteiger partial charge is 0.406 e. The molecule has 0 aliphatic heterocycles. The third-order valence-corrected chi connectivity index (χ3v) is 2.70. The van der Waals surface area contributed by atoms with E-state index in [1.165, 1.54) is 30.6 Å². The normalized spacial score (nSPS) is 10.9. The summed E-state index contributed by atoms with van der Waals surface area (Å²) in [6, 6.07) is 7.54. The second-order valence-corrected chi connectivity index (χ2v) is 4.39. The molecule has 114 valence electrons. The summed E-state index contributed by atoms with van der Waals surface area (Å²) in [5.41, 5.74) is 0.728. The van der Waals surface area contributed by atoms with Crippen LogP contribution in [0.3, 0.4) is 0 Å². The van der Waals surface area contributed by atoms with E-state index in [0.717, 1.165) is 0 Å². The quantitative estimate of drug-likeness (QED) is 0.869. The highest BCUT2D eigenvalue weighted by atomic mass is 19.4. The van der Waals surface area contributed by atoms with Gasteiger partial charge < -0.3 is 9.64 Å². The molecule has 0 amide bonds. The molecular formula is C14H11F3N4O. The molecule has 0 aliphatic carbocycles. The Morgan fingerprint density at radius 3 is 2.68 bits per heavy atom. The molecule has 2 aromatic rings. The first kappa shape index (κ1) is 15.6. The molecule has 1 heterocycles. The van der Waals surface area contributed by atoms with Gasteiger partial charge in [-0.05, 0) is 17.7 Å². The molecule has 1 aromatic heterocycles. The maximum Gasteiger partial charge on any atom is 0.573 e. The topological polar surface area (TPSA) is 62.0 Å². The average Bonchev–Trinajstić information content (AvgIpc) is 2.45. The van der Waals surface area contributed by atoms with E-state index in [9.17, 15) is 13.2 Å². The van der Waals surface area contributed by atoms with E-state index in [0.29, 0.717) is 11.4 Å². The first-order valence-electron chi connectivity index (χ1n) is 6.16. The molecule has 0 N–H and O–H groups in total. The van der Waals surface area contributed by atoms with Gasteiger partial charge in [-0.15, -0.1) is 13.2 Å². The van der Waals surface area contributed by atoms with Gasteiger partial charge in [-0.2, -0.15) is 5.26 Å². The molecule has 5 nitrogen and oxygen atoms in total. The molecule has 0 unspecified atom stereocenters. The molecule has 0 fully saturated rings. The van der Waals surface area contributed by atoms with E-state index >= 15 is 0 Å². The molecule has 2 rings (SSSR count). The van der Waals surface area contributed by atoms with Crippen molar-refractivity contribution in [1.29, 1.82) is 5.26 Å². The molecule has 0 saturated heterocycles. The van der Waals surface area contributed by atoms with Gasteiger partial charge in [-0.1, -0.05) is 12.1 Å². The second-order valence-electron chi connectivity index (χ2n) is 4.39. The number of aromatic nitrogens is 2. The summed E-state index contributed by atoms with van der Waals surface area (Å²) in [5.74, 6) is 0.0604. The fraction of sp³-hybridized carbons (Fsp3) is 0.214. The van der Waals surface area contributed by atoms with Crippen LogP contribution in [0.1, 0.15) is 11.3 Å². The third-order valence-electron chi connectivity index (χ3n) is 2.70. The Morgan fingerprint density at radius 2 is 2.00 bits per heavy atom. The minimum absolute atomic E-state index is 0.146. The largest absolute Gasteiger partial charge is 0.573 e. The van der Waals surface area contributed by atoms with Gasteiger partial charge >= 0.3 is 6.36 Å². The number of anilines is 1. The molecule has 0 saturated carbocycles. The maximum absolute atomic E-state index is 12.2. The van der Waals surface area contributed by atoms with Crippen LogP contribution in [0.25, 0.3) is 0 Å². The Labute approximate surface area is 124 Å². The summed E-state index contributed by atoms with van der Waals surface area (Å²) in [7, 11) is 1.67. The zero-order valence-electron chi connectivity index (χ0n) is 11.5. The van der Waals surface area contributed by atoms with Gasteiger partial charge in [0, 0.05) is 26.0 Å². The number of nitriles is 1. The van der Waals surface area contributed by atoms with Crippen LogP contribution in [0.2, 0.25) is 0 Å². The van der Waals surface area contributed by atoms with Crippen molar-refractivity contribution in [2.45, 2.75) is 12.9 Å². The predicted octanol–water partition coefficient (Wildman–Crippen LogP) is 2.88. The first-order valence-corrected chi connectivity index (χ1v) is 6.16. The van der Waals surface area contributed by atoms with Crippen molar-refractivity contribution in [3.05, 3.63) is 47.9 Å². The van der Waals surface area contributed by atoms with Crippen LogP contribution >= 0.6 is 0 Å². The standard InChI is InChI=1S/C14H11F3N4O/c1-21(13-12(8-18)19-5-6-20-13)9-10-3-2-4-11(7-10)22-14(15,16)17/h2-7H,9H2,1H3. The average molecular weight is 308 g/mol. The lowest BCUT2D eigenvalue weighted by Crippen LogP contribution is -2.20. The van der Waals surface area contributed by atoms with Crippen molar-refractivity contribution < 1.29 is 17.9 Å². The van der Waals surface area contributed by atoms with Crippen LogP contribution in [0.15, 0.2) is 36.7 Å². The van der Waals surface area contributed by atoms with Crippen molar-refractivity contribution in [2.75, 3.05) is 11.9 Å². The minimum atomic E-state index is -4.73. The number of rotatable bonds is 4. The fourth-order valence-electron chi connectivity index (χ4n) is 1.88. The summed E-state index contributed by atoms with van der Waals surface area (Å²) in [5, 5.41) is 8.98. The van der Waals surface area contributed by atoms with Gasteiger partial charge in [-0.25, -0.2) is 9.97 Å². The summed E-state index contributed by atoms with van der Waals surface area (Å²) in [6.07, 6.45) is -1.90. The molecule has 0 aliphatic rings. The molecule has 8 heteroatoms. The lowest BCUT2D eigenvalue weighted by molar-refractivity contribution is -0.274. The Kier molecular flexibility index (Phi) is 4.46. The summed E-state index contributed by atoms with van der Waals surface area (Å²) in [4.78, 5) is 9.57. The monoisotopic (exact) mass is 308 g/mol. The summed E-state index contributed by atoms with van der Waals surface area (Å²) in [6.45, 7) is 0.252. The summed E-state index contributed by atoms with van der Waals surface area (Å²) >= 11 is 0. The van der Waals surface area contributed by atoms with Gasteiger partial charge in [0.05, 0.1) is 0 Å². The highest BCUT2D eigenvalue weighted by Gasteiger charge is 2.31. The van der Waals surface area contributed by atoms with Gasteiger partial charge in [-0.3, -0.25) is 0 Å². The number of ether oxygens (including phenoxy) is 1. The van der Waals surface area contributed by atoms with E-state index < -0.39 is 6.36 Å². The first-order chi connectivity index (χ1) is 10.4. The Bertz CT molecular complexity index is 697.